The van der Waals surface area contributed by atoms with Crippen molar-refractivity contribution in [2.45, 2.75) is 92.6 Å². The van der Waals surface area contributed by atoms with Gasteiger partial charge in [0.05, 0.1) is 6.10 Å². The van der Waals surface area contributed by atoms with Crippen molar-refractivity contribution in [1.82, 2.24) is 0 Å². The minimum absolute atomic E-state index is 0.0891. The van der Waals surface area contributed by atoms with Crippen molar-refractivity contribution in [2.24, 2.45) is 23.7 Å². The molecule has 1 heteroatoms. The molecule has 0 aliphatic rings. The highest BCUT2D eigenvalue weighted by molar-refractivity contribution is 4.68. The van der Waals surface area contributed by atoms with Gasteiger partial charge in [-0.05, 0) is 36.5 Å². The summed E-state index contributed by atoms with van der Waals surface area (Å²) in [6.07, 6.45) is 8.34. The summed E-state index contributed by atoms with van der Waals surface area (Å²) in [6.45, 7) is 13.7. The lowest BCUT2D eigenvalue weighted by Gasteiger charge is -2.22. The third kappa shape index (κ3) is 8.68. The van der Waals surface area contributed by atoms with E-state index in [1.54, 1.807) is 0 Å². The van der Waals surface area contributed by atoms with E-state index in [4.69, 9.17) is 0 Å². The zero-order valence-electron chi connectivity index (χ0n) is 14.3. The van der Waals surface area contributed by atoms with E-state index >= 15 is 0 Å². The Bertz CT molecular complexity index is 200. The fourth-order valence-electron chi connectivity index (χ4n) is 2.83. The van der Waals surface area contributed by atoms with Crippen molar-refractivity contribution < 1.29 is 5.11 Å². The van der Waals surface area contributed by atoms with Crippen molar-refractivity contribution in [1.29, 1.82) is 0 Å². The van der Waals surface area contributed by atoms with Crippen molar-refractivity contribution in [2.75, 3.05) is 0 Å². The second-order valence-electron chi connectivity index (χ2n) is 6.98. The minimum atomic E-state index is -0.0891. The van der Waals surface area contributed by atoms with Crippen molar-refractivity contribution >= 4 is 0 Å². The fourth-order valence-corrected chi connectivity index (χ4v) is 2.83. The monoisotopic (exact) mass is 270 g/mol. The summed E-state index contributed by atoms with van der Waals surface area (Å²) in [5, 5.41) is 10.2. The van der Waals surface area contributed by atoms with E-state index in [-0.39, 0.29) is 6.10 Å². The molecule has 116 valence electrons. The van der Waals surface area contributed by atoms with Crippen LogP contribution in [0.3, 0.4) is 0 Å². The second-order valence-corrected chi connectivity index (χ2v) is 6.98. The molecule has 0 spiro atoms. The van der Waals surface area contributed by atoms with Crippen LogP contribution in [0.5, 0.6) is 0 Å². The van der Waals surface area contributed by atoms with Crippen LogP contribution in [0.25, 0.3) is 0 Å². The molecule has 0 aliphatic carbocycles. The first-order chi connectivity index (χ1) is 8.92. The van der Waals surface area contributed by atoms with E-state index in [9.17, 15) is 5.11 Å². The largest absolute Gasteiger partial charge is 0.393 e. The highest BCUT2D eigenvalue weighted by atomic mass is 16.3. The third-order valence-corrected chi connectivity index (χ3v) is 5.01. The van der Waals surface area contributed by atoms with Crippen LogP contribution in [0, 0.1) is 23.7 Å². The molecule has 4 atom stereocenters. The molecule has 0 fully saturated rings. The van der Waals surface area contributed by atoms with Crippen LogP contribution < -0.4 is 0 Å². The van der Waals surface area contributed by atoms with Gasteiger partial charge in [0.2, 0.25) is 0 Å². The average Bonchev–Trinajstić information content (AvgIpc) is 2.39. The Balaban J connectivity index is 3.80. The second kappa shape index (κ2) is 10.7. The van der Waals surface area contributed by atoms with Crippen LogP contribution >= 0.6 is 0 Å². The van der Waals surface area contributed by atoms with E-state index < -0.39 is 0 Å². The first-order valence-corrected chi connectivity index (χ1v) is 8.60. The molecule has 0 rings (SSSR count). The Morgan fingerprint density at radius 2 is 1.42 bits per heavy atom. The van der Waals surface area contributed by atoms with Gasteiger partial charge in [-0.15, -0.1) is 0 Å². The summed E-state index contributed by atoms with van der Waals surface area (Å²) in [6, 6.07) is 0. The molecule has 0 aromatic carbocycles. The molecule has 0 aliphatic heterocycles. The summed E-state index contributed by atoms with van der Waals surface area (Å²) < 4.78 is 0. The number of rotatable bonds is 11. The molecule has 4 unspecified atom stereocenters. The summed E-state index contributed by atoms with van der Waals surface area (Å²) in [7, 11) is 0. The molecule has 0 saturated carbocycles. The predicted molar refractivity (Wildman–Crippen MR) is 86.3 cm³/mol. The van der Waals surface area contributed by atoms with Gasteiger partial charge in [0.15, 0.2) is 0 Å². The topological polar surface area (TPSA) is 20.2 Å². The SMILES string of the molecule is CCC(C)CCC(C)C(O)CCCC(CC)C(C)C. The third-order valence-electron chi connectivity index (χ3n) is 5.01. The van der Waals surface area contributed by atoms with Gasteiger partial charge in [-0.3, -0.25) is 0 Å². The Hall–Kier alpha value is -0.0400. The Kier molecular flexibility index (Phi) is 10.7. The molecule has 19 heavy (non-hydrogen) atoms. The fraction of sp³-hybridized carbons (Fsp3) is 1.00. The van der Waals surface area contributed by atoms with Gasteiger partial charge in [0.25, 0.3) is 0 Å². The highest BCUT2D eigenvalue weighted by Crippen LogP contribution is 2.24. The van der Waals surface area contributed by atoms with Crippen molar-refractivity contribution in [3.05, 3.63) is 0 Å². The van der Waals surface area contributed by atoms with Gasteiger partial charge in [-0.25, -0.2) is 0 Å². The maximum absolute atomic E-state index is 10.2. The van der Waals surface area contributed by atoms with E-state index in [0.717, 1.165) is 24.2 Å². The molecule has 0 aromatic rings. The first kappa shape index (κ1) is 19.0. The molecule has 0 aromatic heterocycles. The predicted octanol–water partition coefficient (Wildman–Crippen LogP) is 5.66. The molecular formula is C18H38O. The zero-order valence-corrected chi connectivity index (χ0v) is 14.3. The molecule has 0 radical (unpaired) electrons. The van der Waals surface area contributed by atoms with E-state index in [0.29, 0.717) is 5.92 Å². The Morgan fingerprint density at radius 1 is 0.789 bits per heavy atom. The number of hydrogen-bond acceptors (Lipinski definition) is 1. The van der Waals surface area contributed by atoms with Gasteiger partial charge in [0.1, 0.15) is 0 Å². The van der Waals surface area contributed by atoms with Crippen LogP contribution in [0.4, 0.5) is 0 Å². The van der Waals surface area contributed by atoms with E-state index in [1.165, 1.54) is 38.5 Å². The number of aliphatic hydroxyl groups is 1. The van der Waals surface area contributed by atoms with Gasteiger partial charge in [0, 0.05) is 0 Å². The van der Waals surface area contributed by atoms with Crippen molar-refractivity contribution in [3.63, 3.8) is 0 Å². The molecule has 1 nitrogen and oxygen atoms in total. The molecule has 1 N–H and O–H groups in total. The maximum Gasteiger partial charge on any atom is 0.0565 e. The van der Waals surface area contributed by atoms with Gasteiger partial charge in [-0.2, -0.15) is 0 Å². The summed E-state index contributed by atoms with van der Waals surface area (Å²) >= 11 is 0. The van der Waals surface area contributed by atoms with E-state index in [1.807, 2.05) is 0 Å². The smallest absolute Gasteiger partial charge is 0.0565 e. The van der Waals surface area contributed by atoms with E-state index in [2.05, 4.69) is 41.5 Å². The van der Waals surface area contributed by atoms with Crippen LogP contribution in [-0.2, 0) is 0 Å². The minimum Gasteiger partial charge on any atom is -0.393 e. The Labute approximate surface area is 122 Å². The van der Waals surface area contributed by atoms with Gasteiger partial charge in [-0.1, -0.05) is 73.6 Å². The zero-order chi connectivity index (χ0) is 14.8. The standard InChI is InChI=1S/C18H38O/c1-7-15(5)12-13-16(6)18(19)11-9-10-17(8-2)14(3)4/h14-19H,7-13H2,1-6H3. The average molecular weight is 271 g/mol. The summed E-state index contributed by atoms with van der Waals surface area (Å²) in [4.78, 5) is 0. The van der Waals surface area contributed by atoms with Crippen molar-refractivity contribution in [3.8, 4) is 0 Å². The number of aliphatic hydroxyl groups excluding tert-OH is 1. The normalized spacial score (nSPS) is 18.3. The molecule has 0 bridgehead atoms. The summed E-state index contributed by atoms with van der Waals surface area (Å²) in [5.74, 6) is 2.89. The van der Waals surface area contributed by atoms with Gasteiger partial charge < -0.3 is 5.11 Å². The molecule has 0 amide bonds. The number of hydrogen-bond donors (Lipinski definition) is 1. The molecular weight excluding hydrogens is 232 g/mol. The van der Waals surface area contributed by atoms with Crippen LogP contribution in [0.2, 0.25) is 0 Å². The van der Waals surface area contributed by atoms with Crippen LogP contribution in [0.1, 0.15) is 86.5 Å². The molecule has 0 heterocycles. The van der Waals surface area contributed by atoms with Crippen LogP contribution in [0.15, 0.2) is 0 Å². The Morgan fingerprint density at radius 3 is 1.89 bits per heavy atom. The summed E-state index contributed by atoms with van der Waals surface area (Å²) in [5.41, 5.74) is 0. The maximum atomic E-state index is 10.2. The van der Waals surface area contributed by atoms with Gasteiger partial charge >= 0.3 is 0 Å². The molecule has 0 saturated heterocycles. The lowest BCUT2D eigenvalue weighted by molar-refractivity contribution is 0.0942. The lowest BCUT2D eigenvalue weighted by atomic mass is 9.86. The van der Waals surface area contributed by atoms with Crippen LogP contribution in [-0.4, -0.2) is 11.2 Å². The first-order valence-electron chi connectivity index (χ1n) is 8.60. The lowest BCUT2D eigenvalue weighted by Crippen LogP contribution is -2.19. The quantitative estimate of drug-likeness (QED) is 0.513. The highest BCUT2D eigenvalue weighted by Gasteiger charge is 2.16.